The van der Waals surface area contributed by atoms with Crippen LogP contribution < -0.4 is 9.64 Å². The van der Waals surface area contributed by atoms with Crippen molar-refractivity contribution in [2.75, 3.05) is 45.2 Å². The van der Waals surface area contributed by atoms with Crippen molar-refractivity contribution in [3.8, 4) is 5.75 Å². The van der Waals surface area contributed by atoms with Crippen LogP contribution >= 0.6 is 11.6 Å². The van der Waals surface area contributed by atoms with Crippen LogP contribution in [0.15, 0.2) is 58.5 Å². The van der Waals surface area contributed by atoms with E-state index < -0.39 is 9.84 Å². The van der Waals surface area contributed by atoms with Gasteiger partial charge in [-0.3, -0.25) is 4.98 Å². The fourth-order valence-corrected chi connectivity index (χ4v) is 5.17. The lowest BCUT2D eigenvalue weighted by atomic mass is 10.1. The minimum atomic E-state index is -3.78. The molecule has 0 atom stereocenters. The normalized spacial score (nSPS) is 15.6. The van der Waals surface area contributed by atoms with E-state index in [0.29, 0.717) is 16.5 Å². The first-order valence-electron chi connectivity index (χ1n) is 9.31. The van der Waals surface area contributed by atoms with Crippen LogP contribution in [0.5, 0.6) is 5.75 Å². The predicted octanol–water partition coefficient (Wildman–Crippen LogP) is 3.48. The second-order valence-electron chi connectivity index (χ2n) is 7.10. The summed E-state index contributed by atoms with van der Waals surface area (Å²) < 4.78 is 32.2. The van der Waals surface area contributed by atoms with Crippen molar-refractivity contribution in [1.29, 1.82) is 0 Å². The van der Waals surface area contributed by atoms with Gasteiger partial charge in [0.1, 0.15) is 10.6 Å². The molecule has 1 aliphatic rings. The Bertz CT molecular complexity index is 1140. The first kappa shape index (κ1) is 19.9. The van der Waals surface area contributed by atoms with Crippen molar-refractivity contribution >= 4 is 38.0 Å². The van der Waals surface area contributed by atoms with E-state index in [0.717, 1.165) is 37.1 Å². The maximum Gasteiger partial charge on any atom is 0.210 e. The molecule has 4 rings (SSSR count). The van der Waals surface area contributed by atoms with Crippen molar-refractivity contribution in [1.82, 2.24) is 9.88 Å². The number of methoxy groups -OCH3 is 1. The highest BCUT2D eigenvalue weighted by atomic mass is 35.5. The molecule has 0 spiro atoms. The van der Waals surface area contributed by atoms with Gasteiger partial charge in [-0.25, -0.2) is 8.42 Å². The second kappa shape index (κ2) is 7.82. The van der Waals surface area contributed by atoms with Gasteiger partial charge in [0.15, 0.2) is 0 Å². The van der Waals surface area contributed by atoms with Crippen molar-refractivity contribution in [2.24, 2.45) is 0 Å². The maximum absolute atomic E-state index is 13.5. The number of piperazine rings is 1. The van der Waals surface area contributed by atoms with E-state index >= 15 is 0 Å². The number of anilines is 1. The Labute approximate surface area is 175 Å². The standard InChI is InChI=1S/C21H22ClN3O3S/c1-24-9-11-25(12-10-24)21-18-13-15(22)3-8-19(18)23-14-20(21)29(26,27)17-6-4-16(28-2)5-7-17/h3-8,13-14H,9-12H2,1-2H3. The van der Waals surface area contributed by atoms with Gasteiger partial charge in [0.2, 0.25) is 9.84 Å². The average Bonchev–Trinajstić information content (AvgIpc) is 2.73. The number of hydrogen-bond donors (Lipinski definition) is 0. The number of nitrogens with zero attached hydrogens (tertiary/aromatic N) is 3. The van der Waals surface area contributed by atoms with E-state index in [-0.39, 0.29) is 9.79 Å². The van der Waals surface area contributed by atoms with E-state index in [1.54, 1.807) is 43.5 Å². The predicted molar refractivity (Wildman–Crippen MR) is 115 cm³/mol. The van der Waals surface area contributed by atoms with Crippen LogP contribution in [0.25, 0.3) is 10.9 Å². The average molecular weight is 432 g/mol. The van der Waals surface area contributed by atoms with Gasteiger partial charge in [-0.1, -0.05) is 11.6 Å². The number of fused-ring (bicyclic) bond motifs is 1. The smallest absolute Gasteiger partial charge is 0.210 e. The second-order valence-corrected chi connectivity index (χ2v) is 9.46. The molecule has 0 aliphatic carbocycles. The van der Waals surface area contributed by atoms with Crippen LogP contribution in [0.2, 0.25) is 5.02 Å². The number of rotatable bonds is 4. The molecule has 1 saturated heterocycles. The van der Waals surface area contributed by atoms with Crippen molar-refractivity contribution in [3.63, 3.8) is 0 Å². The van der Waals surface area contributed by atoms with Gasteiger partial charge in [-0.2, -0.15) is 0 Å². The zero-order valence-corrected chi connectivity index (χ0v) is 17.9. The zero-order chi connectivity index (χ0) is 20.6. The molecule has 0 amide bonds. The van der Waals surface area contributed by atoms with Crippen LogP contribution in [0.4, 0.5) is 5.69 Å². The fourth-order valence-electron chi connectivity index (χ4n) is 3.57. The molecule has 0 saturated carbocycles. The summed E-state index contributed by atoms with van der Waals surface area (Å²) in [6.45, 7) is 3.17. The maximum atomic E-state index is 13.5. The molecule has 6 nitrogen and oxygen atoms in total. The molecule has 0 radical (unpaired) electrons. The molecule has 152 valence electrons. The summed E-state index contributed by atoms with van der Waals surface area (Å²) >= 11 is 6.25. The Balaban J connectivity index is 1.92. The highest BCUT2D eigenvalue weighted by Gasteiger charge is 2.28. The lowest BCUT2D eigenvalue weighted by Crippen LogP contribution is -2.45. The lowest BCUT2D eigenvalue weighted by Gasteiger charge is -2.35. The third-order valence-electron chi connectivity index (χ3n) is 5.25. The molecule has 1 fully saturated rings. The van der Waals surface area contributed by atoms with Gasteiger partial charge in [0.05, 0.1) is 23.2 Å². The molecule has 8 heteroatoms. The van der Waals surface area contributed by atoms with E-state index in [4.69, 9.17) is 16.3 Å². The third-order valence-corrected chi connectivity index (χ3v) is 7.25. The molecular formula is C21H22ClN3O3S. The van der Waals surface area contributed by atoms with Gasteiger partial charge >= 0.3 is 0 Å². The first-order valence-corrected chi connectivity index (χ1v) is 11.2. The van der Waals surface area contributed by atoms with Crippen molar-refractivity contribution in [2.45, 2.75) is 9.79 Å². The minimum Gasteiger partial charge on any atom is -0.497 e. The van der Waals surface area contributed by atoms with Crippen LogP contribution in [0.1, 0.15) is 0 Å². The molecular weight excluding hydrogens is 410 g/mol. The number of aromatic nitrogens is 1. The number of likely N-dealkylation sites (N-methyl/N-ethyl adjacent to an activating group) is 1. The number of halogens is 1. The zero-order valence-electron chi connectivity index (χ0n) is 16.3. The largest absolute Gasteiger partial charge is 0.497 e. The Kier molecular flexibility index (Phi) is 5.38. The summed E-state index contributed by atoms with van der Waals surface area (Å²) in [6, 6.07) is 11.8. The van der Waals surface area contributed by atoms with E-state index in [1.165, 1.54) is 6.20 Å². The summed E-state index contributed by atoms with van der Waals surface area (Å²) in [5.74, 6) is 0.603. The molecule has 2 aromatic carbocycles. The number of hydrogen-bond acceptors (Lipinski definition) is 6. The lowest BCUT2D eigenvalue weighted by molar-refractivity contribution is 0.312. The number of ether oxygens (including phenoxy) is 1. The van der Waals surface area contributed by atoms with E-state index in [1.807, 2.05) is 6.07 Å². The summed E-state index contributed by atoms with van der Waals surface area (Å²) in [7, 11) is -0.167. The molecule has 29 heavy (non-hydrogen) atoms. The van der Waals surface area contributed by atoms with Crippen LogP contribution in [-0.2, 0) is 9.84 Å². The molecule has 0 N–H and O–H groups in total. The first-order chi connectivity index (χ1) is 13.9. The van der Waals surface area contributed by atoms with Gasteiger partial charge in [0.25, 0.3) is 0 Å². The van der Waals surface area contributed by atoms with Gasteiger partial charge in [-0.05, 0) is 49.5 Å². The van der Waals surface area contributed by atoms with Crippen molar-refractivity contribution < 1.29 is 13.2 Å². The molecule has 0 unspecified atom stereocenters. The Morgan fingerprint density at radius 1 is 1.03 bits per heavy atom. The molecule has 0 bridgehead atoms. The quantitative estimate of drug-likeness (QED) is 0.630. The van der Waals surface area contributed by atoms with Gasteiger partial charge in [-0.15, -0.1) is 0 Å². The third kappa shape index (κ3) is 3.77. The number of benzene rings is 2. The van der Waals surface area contributed by atoms with Gasteiger partial charge < -0.3 is 14.5 Å². The van der Waals surface area contributed by atoms with Gasteiger partial charge in [0, 0.05) is 42.8 Å². The Morgan fingerprint density at radius 2 is 1.72 bits per heavy atom. The molecule has 1 aromatic heterocycles. The molecule has 1 aliphatic heterocycles. The highest BCUT2D eigenvalue weighted by Crippen LogP contribution is 2.37. The summed E-state index contributed by atoms with van der Waals surface area (Å²) in [5.41, 5.74) is 1.39. The molecule has 2 heterocycles. The summed E-state index contributed by atoms with van der Waals surface area (Å²) in [6.07, 6.45) is 1.46. The van der Waals surface area contributed by atoms with Crippen LogP contribution in [0, 0.1) is 0 Å². The van der Waals surface area contributed by atoms with Crippen molar-refractivity contribution in [3.05, 3.63) is 53.7 Å². The van der Waals surface area contributed by atoms with E-state index in [2.05, 4.69) is 21.8 Å². The van der Waals surface area contributed by atoms with Crippen LogP contribution in [0.3, 0.4) is 0 Å². The molecule has 3 aromatic rings. The Hall–Kier alpha value is -2.35. The summed E-state index contributed by atoms with van der Waals surface area (Å²) in [5, 5.41) is 1.30. The van der Waals surface area contributed by atoms with E-state index in [9.17, 15) is 8.42 Å². The number of sulfone groups is 1. The fraction of sp³-hybridized carbons (Fsp3) is 0.286. The monoisotopic (exact) mass is 431 g/mol. The topological polar surface area (TPSA) is 62.7 Å². The Morgan fingerprint density at radius 3 is 2.38 bits per heavy atom. The summed E-state index contributed by atoms with van der Waals surface area (Å²) in [4.78, 5) is 9.17. The minimum absolute atomic E-state index is 0.196. The SMILES string of the molecule is COc1ccc(S(=O)(=O)c2cnc3ccc(Cl)cc3c2N2CCN(C)CC2)cc1. The number of pyridine rings is 1. The highest BCUT2D eigenvalue weighted by molar-refractivity contribution is 7.91. The van der Waals surface area contributed by atoms with Crippen LogP contribution in [-0.4, -0.2) is 58.6 Å².